The third-order valence-electron chi connectivity index (χ3n) is 2.56. The fourth-order valence-electron chi connectivity index (χ4n) is 1.97. The summed E-state index contributed by atoms with van der Waals surface area (Å²) in [5, 5.41) is 0. The molecule has 2 aliphatic rings. The van der Waals surface area contributed by atoms with Crippen molar-refractivity contribution in [3.8, 4) is 0 Å². The topological polar surface area (TPSA) is 35.2 Å². The van der Waals surface area contributed by atoms with Crippen LogP contribution in [0, 0.1) is 0 Å². The normalized spacial score (nSPS) is 30.7. The highest BCUT2D eigenvalue weighted by Gasteiger charge is 2.26. The third kappa shape index (κ3) is 1.21. The maximum absolute atomic E-state index is 5.84. The molecule has 0 amide bonds. The van der Waals surface area contributed by atoms with Gasteiger partial charge in [0.1, 0.15) is 0 Å². The smallest absolute Gasteiger partial charge is 0.0941 e. The van der Waals surface area contributed by atoms with Gasteiger partial charge in [-0.25, -0.2) is 0 Å². The van der Waals surface area contributed by atoms with Crippen LogP contribution < -0.4 is 5.73 Å². The van der Waals surface area contributed by atoms with Gasteiger partial charge in [-0.1, -0.05) is 12.2 Å². The van der Waals surface area contributed by atoms with Crippen LogP contribution in [0.3, 0.4) is 0 Å². The lowest BCUT2D eigenvalue weighted by Crippen LogP contribution is -2.37. The summed E-state index contributed by atoms with van der Waals surface area (Å²) in [4.78, 5) is 0. The molecule has 66 valence electrons. The minimum absolute atomic E-state index is 0.121. The highest BCUT2D eigenvalue weighted by Crippen LogP contribution is 2.31. The van der Waals surface area contributed by atoms with Gasteiger partial charge in [0.25, 0.3) is 0 Å². The summed E-state index contributed by atoms with van der Waals surface area (Å²) in [6.45, 7) is 2.84. The zero-order valence-corrected chi connectivity index (χ0v) is 7.42. The first-order valence-electron chi connectivity index (χ1n) is 4.54. The monoisotopic (exact) mass is 165 g/mol. The SMILES string of the molecule is C[C@H](N)[C@@H]1OCCC2=C1CC=C2. The van der Waals surface area contributed by atoms with E-state index in [1.54, 1.807) is 0 Å². The Bertz CT molecular complexity index is 240. The molecule has 0 aromatic carbocycles. The zero-order chi connectivity index (χ0) is 8.55. The highest BCUT2D eigenvalue weighted by molar-refractivity contribution is 5.38. The van der Waals surface area contributed by atoms with E-state index in [0.29, 0.717) is 0 Å². The molecular weight excluding hydrogens is 150 g/mol. The van der Waals surface area contributed by atoms with Crippen molar-refractivity contribution in [2.75, 3.05) is 6.61 Å². The van der Waals surface area contributed by atoms with Gasteiger partial charge in [-0.05, 0) is 30.9 Å². The summed E-state index contributed by atoms with van der Waals surface area (Å²) in [7, 11) is 0. The molecule has 1 aliphatic heterocycles. The predicted molar refractivity (Wildman–Crippen MR) is 48.8 cm³/mol. The number of allylic oxidation sites excluding steroid dienone is 2. The van der Waals surface area contributed by atoms with Gasteiger partial charge >= 0.3 is 0 Å². The van der Waals surface area contributed by atoms with Crippen LogP contribution in [0.2, 0.25) is 0 Å². The minimum Gasteiger partial charge on any atom is -0.372 e. The summed E-state index contributed by atoms with van der Waals surface area (Å²) < 4.78 is 5.63. The van der Waals surface area contributed by atoms with Crippen LogP contribution in [0.15, 0.2) is 23.3 Å². The maximum atomic E-state index is 5.84. The number of nitrogens with two attached hydrogens (primary N) is 1. The molecule has 2 atom stereocenters. The lowest BCUT2D eigenvalue weighted by molar-refractivity contribution is 0.0544. The molecule has 0 unspecified atom stereocenters. The Kier molecular flexibility index (Phi) is 2.03. The Morgan fingerprint density at radius 1 is 1.67 bits per heavy atom. The van der Waals surface area contributed by atoms with Crippen molar-refractivity contribution in [2.24, 2.45) is 5.73 Å². The molecule has 0 bridgehead atoms. The van der Waals surface area contributed by atoms with Gasteiger partial charge in [-0.15, -0.1) is 0 Å². The first-order valence-corrected chi connectivity index (χ1v) is 4.54. The second-order valence-corrected chi connectivity index (χ2v) is 3.56. The predicted octanol–water partition coefficient (Wildman–Crippen LogP) is 1.38. The molecule has 0 radical (unpaired) electrons. The lowest BCUT2D eigenvalue weighted by Gasteiger charge is -2.28. The largest absolute Gasteiger partial charge is 0.372 e. The van der Waals surface area contributed by atoms with Crippen molar-refractivity contribution in [3.05, 3.63) is 23.3 Å². The van der Waals surface area contributed by atoms with Crippen LogP contribution in [-0.2, 0) is 4.74 Å². The van der Waals surface area contributed by atoms with Crippen molar-refractivity contribution >= 4 is 0 Å². The molecule has 0 aromatic rings. The number of hydrogen-bond acceptors (Lipinski definition) is 2. The molecule has 2 nitrogen and oxygen atoms in total. The first-order chi connectivity index (χ1) is 5.79. The van der Waals surface area contributed by atoms with Crippen LogP contribution in [-0.4, -0.2) is 18.8 Å². The van der Waals surface area contributed by atoms with E-state index in [1.165, 1.54) is 11.1 Å². The van der Waals surface area contributed by atoms with Crippen LogP contribution in [0.4, 0.5) is 0 Å². The maximum Gasteiger partial charge on any atom is 0.0941 e. The molecule has 2 N–H and O–H groups in total. The van der Waals surface area contributed by atoms with Gasteiger partial charge in [0.2, 0.25) is 0 Å². The molecule has 12 heavy (non-hydrogen) atoms. The molecule has 0 fully saturated rings. The fourth-order valence-corrected chi connectivity index (χ4v) is 1.97. The van der Waals surface area contributed by atoms with Gasteiger partial charge in [0.15, 0.2) is 0 Å². The van der Waals surface area contributed by atoms with E-state index in [9.17, 15) is 0 Å². The zero-order valence-electron chi connectivity index (χ0n) is 7.42. The molecule has 1 aliphatic carbocycles. The minimum atomic E-state index is 0.121. The molecule has 2 rings (SSSR count). The van der Waals surface area contributed by atoms with E-state index in [-0.39, 0.29) is 12.1 Å². The van der Waals surface area contributed by atoms with E-state index in [1.807, 2.05) is 6.92 Å². The summed E-state index contributed by atoms with van der Waals surface area (Å²) in [6, 6.07) is 0.121. The summed E-state index contributed by atoms with van der Waals surface area (Å²) in [5.41, 5.74) is 8.71. The van der Waals surface area contributed by atoms with Crippen LogP contribution in [0.1, 0.15) is 19.8 Å². The molecule has 1 heterocycles. The second kappa shape index (κ2) is 3.04. The van der Waals surface area contributed by atoms with E-state index < -0.39 is 0 Å². The van der Waals surface area contributed by atoms with E-state index in [4.69, 9.17) is 10.5 Å². The van der Waals surface area contributed by atoms with Gasteiger partial charge in [-0.3, -0.25) is 0 Å². The number of hydrogen-bond donors (Lipinski definition) is 1. The van der Waals surface area contributed by atoms with E-state index in [0.717, 1.165) is 19.4 Å². The van der Waals surface area contributed by atoms with Gasteiger partial charge in [0.05, 0.1) is 12.7 Å². The van der Waals surface area contributed by atoms with Gasteiger partial charge in [-0.2, -0.15) is 0 Å². The van der Waals surface area contributed by atoms with Crippen molar-refractivity contribution in [2.45, 2.75) is 31.9 Å². The Hall–Kier alpha value is -0.600. The third-order valence-corrected chi connectivity index (χ3v) is 2.56. The van der Waals surface area contributed by atoms with Gasteiger partial charge < -0.3 is 10.5 Å². The van der Waals surface area contributed by atoms with Gasteiger partial charge in [0, 0.05) is 6.04 Å². The van der Waals surface area contributed by atoms with Crippen molar-refractivity contribution < 1.29 is 4.74 Å². The Balaban J connectivity index is 2.22. The van der Waals surface area contributed by atoms with Crippen LogP contribution in [0.5, 0.6) is 0 Å². The van der Waals surface area contributed by atoms with Crippen molar-refractivity contribution in [1.29, 1.82) is 0 Å². The molecule has 0 aromatic heterocycles. The molecule has 0 saturated carbocycles. The Labute approximate surface area is 73.1 Å². The number of ether oxygens (including phenoxy) is 1. The summed E-state index contributed by atoms with van der Waals surface area (Å²) in [6.07, 6.45) is 6.70. The summed E-state index contributed by atoms with van der Waals surface area (Å²) >= 11 is 0. The van der Waals surface area contributed by atoms with E-state index in [2.05, 4.69) is 12.2 Å². The summed E-state index contributed by atoms with van der Waals surface area (Å²) in [5.74, 6) is 0. The molecule has 0 saturated heterocycles. The number of rotatable bonds is 1. The average Bonchev–Trinajstić information content (AvgIpc) is 2.49. The molecule has 0 spiro atoms. The van der Waals surface area contributed by atoms with Crippen molar-refractivity contribution in [1.82, 2.24) is 0 Å². The second-order valence-electron chi connectivity index (χ2n) is 3.56. The average molecular weight is 165 g/mol. The van der Waals surface area contributed by atoms with E-state index >= 15 is 0 Å². The highest BCUT2D eigenvalue weighted by atomic mass is 16.5. The quantitative estimate of drug-likeness (QED) is 0.637. The Morgan fingerprint density at radius 3 is 3.25 bits per heavy atom. The standard InChI is InChI=1S/C10H15NO/c1-7(11)10-9-4-2-3-8(9)5-6-12-10/h2-3,7,10H,4-6,11H2,1H3/t7-,10-/m0/s1. The molecular formula is C10H15NO. The fraction of sp³-hybridized carbons (Fsp3) is 0.600. The van der Waals surface area contributed by atoms with Crippen molar-refractivity contribution in [3.63, 3.8) is 0 Å². The first kappa shape index (κ1) is 8.02. The molecule has 2 heteroatoms. The van der Waals surface area contributed by atoms with Crippen LogP contribution >= 0.6 is 0 Å². The lowest BCUT2D eigenvalue weighted by atomic mass is 9.96. The Morgan fingerprint density at radius 2 is 2.50 bits per heavy atom. The van der Waals surface area contributed by atoms with Crippen LogP contribution in [0.25, 0.3) is 0 Å².